The molecule has 0 atom stereocenters. The van der Waals surface area contributed by atoms with E-state index in [9.17, 15) is 0 Å². The van der Waals surface area contributed by atoms with Crippen molar-refractivity contribution in [3.8, 4) is 11.5 Å². The maximum Gasteiger partial charge on any atom is 0.231 e. The lowest BCUT2D eigenvalue weighted by Gasteiger charge is -1.99. The average Bonchev–Trinajstić information content (AvgIpc) is 3.17. The average molecular weight is 279 g/mol. The molecule has 21 heavy (non-hydrogen) atoms. The molecule has 0 aliphatic carbocycles. The molecule has 2 aromatic rings. The van der Waals surface area contributed by atoms with E-state index in [0.717, 1.165) is 28.3 Å². The van der Waals surface area contributed by atoms with Crippen LogP contribution in [0.4, 0.5) is 0 Å². The number of nitrogens with zero attached hydrogens (tertiary/aromatic N) is 1. The second-order valence-corrected chi connectivity index (χ2v) is 4.82. The summed E-state index contributed by atoms with van der Waals surface area (Å²) in [4.78, 5) is 4.53. The van der Waals surface area contributed by atoms with E-state index in [4.69, 9.17) is 14.2 Å². The van der Waals surface area contributed by atoms with Gasteiger partial charge in [-0.3, -0.25) is 0 Å². The van der Waals surface area contributed by atoms with Gasteiger partial charge in [0.25, 0.3) is 0 Å². The van der Waals surface area contributed by atoms with E-state index in [0.29, 0.717) is 12.5 Å². The molecule has 0 unspecified atom stereocenters. The lowest BCUT2D eigenvalue weighted by molar-refractivity contribution is 0.174. The second kappa shape index (κ2) is 4.98. The summed E-state index contributed by atoms with van der Waals surface area (Å²) in [6, 6.07) is 15.7. The van der Waals surface area contributed by atoms with Crippen LogP contribution in [0.1, 0.15) is 11.1 Å². The molecule has 0 N–H and O–H groups in total. The minimum Gasteiger partial charge on any atom is -0.471 e. The van der Waals surface area contributed by atoms with Crippen LogP contribution in [0.5, 0.6) is 11.5 Å². The van der Waals surface area contributed by atoms with Crippen molar-refractivity contribution in [2.24, 2.45) is 4.99 Å². The van der Waals surface area contributed by atoms with Gasteiger partial charge >= 0.3 is 0 Å². The first-order valence-corrected chi connectivity index (χ1v) is 6.76. The number of benzene rings is 2. The molecule has 4 heteroatoms. The lowest BCUT2D eigenvalue weighted by Crippen LogP contribution is -1.99. The Hall–Kier alpha value is -2.75. The molecule has 0 aromatic heterocycles. The minimum absolute atomic E-state index is 0.286. The first-order chi connectivity index (χ1) is 10.4. The molecule has 4 rings (SSSR count). The van der Waals surface area contributed by atoms with E-state index in [-0.39, 0.29) is 6.79 Å². The molecule has 104 valence electrons. The Morgan fingerprint density at radius 1 is 0.905 bits per heavy atom. The highest BCUT2D eigenvalue weighted by molar-refractivity contribution is 5.96. The predicted molar refractivity (Wildman–Crippen MR) is 79.5 cm³/mol. The topological polar surface area (TPSA) is 40.0 Å². The van der Waals surface area contributed by atoms with Gasteiger partial charge in [-0.15, -0.1) is 0 Å². The van der Waals surface area contributed by atoms with Gasteiger partial charge in [0.15, 0.2) is 11.5 Å². The van der Waals surface area contributed by atoms with Crippen molar-refractivity contribution < 1.29 is 14.2 Å². The monoisotopic (exact) mass is 279 g/mol. The number of hydrogen-bond acceptors (Lipinski definition) is 4. The summed E-state index contributed by atoms with van der Waals surface area (Å²) < 4.78 is 16.3. The Morgan fingerprint density at radius 2 is 1.76 bits per heavy atom. The van der Waals surface area contributed by atoms with Gasteiger partial charge < -0.3 is 14.2 Å². The summed E-state index contributed by atoms with van der Waals surface area (Å²) in [5, 5.41) is 0. The normalized spacial score (nSPS) is 17.7. The highest BCUT2D eigenvalue weighted by Gasteiger charge is 2.16. The van der Waals surface area contributed by atoms with Crippen LogP contribution in [-0.2, 0) is 4.74 Å². The first kappa shape index (κ1) is 12.0. The summed E-state index contributed by atoms with van der Waals surface area (Å²) >= 11 is 0. The first-order valence-electron chi connectivity index (χ1n) is 6.76. The molecule has 0 fully saturated rings. The fourth-order valence-corrected chi connectivity index (χ4v) is 2.34. The zero-order chi connectivity index (χ0) is 14.1. The fourth-order valence-electron chi connectivity index (χ4n) is 2.34. The summed E-state index contributed by atoms with van der Waals surface area (Å²) in [6.45, 7) is 0.771. The molecular weight excluding hydrogens is 266 g/mol. The van der Waals surface area contributed by atoms with Crippen molar-refractivity contribution in [1.29, 1.82) is 0 Å². The zero-order valence-electron chi connectivity index (χ0n) is 11.3. The predicted octanol–water partition coefficient (Wildman–Crippen LogP) is 3.23. The molecular formula is C17H13NO3. The van der Waals surface area contributed by atoms with Crippen LogP contribution in [0.2, 0.25) is 0 Å². The highest BCUT2D eigenvalue weighted by atomic mass is 16.7. The van der Waals surface area contributed by atoms with Crippen LogP contribution in [0.3, 0.4) is 0 Å². The van der Waals surface area contributed by atoms with Crippen molar-refractivity contribution in [3.63, 3.8) is 0 Å². The van der Waals surface area contributed by atoms with Gasteiger partial charge in [0.2, 0.25) is 12.7 Å². The molecule has 4 nitrogen and oxygen atoms in total. The van der Waals surface area contributed by atoms with Gasteiger partial charge in [-0.2, -0.15) is 0 Å². The van der Waals surface area contributed by atoms with E-state index in [1.807, 2.05) is 54.6 Å². The number of rotatable bonds is 2. The van der Waals surface area contributed by atoms with Gasteiger partial charge in [-0.25, -0.2) is 4.99 Å². The molecule has 0 bridgehead atoms. The summed E-state index contributed by atoms with van der Waals surface area (Å²) in [5.41, 5.74) is 2.91. The molecule has 2 heterocycles. The van der Waals surface area contributed by atoms with Crippen LogP contribution in [0.15, 0.2) is 59.2 Å². The Morgan fingerprint density at radius 3 is 2.67 bits per heavy atom. The van der Waals surface area contributed by atoms with Crippen LogP contribution in [0, 0.1) is 0 Å². The Bertz CT molecular complexity index is 735. The van der Waals surface area contributed by atoms with Gasteiger partial charge in [0, 0.05) is 5.56 Å². The van der Waals surface area contributed by atoms with E-state index in [1.54, 1.807) is 0 Å². The maximum atomic E-state index is 5.64. The van der Waals surface area contributed by atoms with Crippen molar-refractivity contribution in [2.45, 2.75) is 0 Å². The lowest BCUT2D eigenvalue weighted by atomic mass is 10.1. The zero-order valence-corrected chi connectivity index (χ0v) is 11.3. The Balaban J connectivity index is 1.61. The van der Waals surface area contributed by atoms with E-state index in [1.165, 1.54) is 0 Å². The van der Waals surface area contributed by atoms with Crippen LogP contribution >= 0.6 is 0 Å². The van der Waals surface area contributed by atoms with Crippen molar-refractivity contribution >= 4 is 12.0 Å². The third-order valence-electron chi connectivity index (χ3n) is 3.35. The molecule has 0 amide bonds. The van der Waals surface area contributed by atoms with Crippen LogP contribution in [-0.4, -0.2) is 19.3 Å². The quantitative estimate of drug-likeness (QED) is 0.847. The van der Waals surface area contributed by atoms with Crippen LogP contribution < -0.4 is 9.47 Å². The van der Waals surface area contributed by atoms with Crippen LogP contribution in [0.25, 0.3) is 6.08 Å². The van der Waals surface area contributed by atoms with Gasteiger partial charge in [-0.05, 0) is 35.9 Å². The summed E-state index contributed by atoms with van der Waals surface area (Å²) in [7, 11) is 0. The van der Waals surface area contributed by atoms with Gasteiger partial charge in [0.1, 0.15) is 6.61 Å². The SMILES string of the molecule is C(=C1\COC(c2ccccc2)=N1)/c1ccc2c(c1)OCO2. The summed E-state index contributed by atoms with van der Waals surface area (Å²) in [5.74, 6) is 2.23. The Labute approximate surface area is 122 Å². The molecule has 0 saturated heterocycles. The van der Waals surface area contributed by atoms with E-state index >= 15 is 0 Å². The standard InChI is InChI=1S/C17H13NO3/c1-2-4-13(5-3-1)17-18-14(10-19-17)8-12-6-7-15-16(9-12)21-11-20-15/h1-9H,10-11H2/b14-8-. The van der Waals surface area contributed by atoms with Crippen molar-refractivity contribution in [3.05, 3.63) is 65.4 Å². The van der Waals surface area contributed by atoms with Gasteiger partial charge in [-0.1, -0.05) is 24.3 Å². The number of fused-ring (bicyclic) bond motifs is 1. The molecule has 2 aliphatic rings. The van der Waals surface area contributed by atoms with Gasteiger partial charge in [0.05, 0.1) is 5.70 Å². The molecule has 2 aromatic carbocycles. The van der Waals surface area contributed by atoms with Crippen molar-refractivity contribution in [2.75, 3.05) is 13.4 Å². The highest BCUT2D eigenvalue weighted by Crippen LogP contribution is 2.33. The molecule has 0 spiro atoms. The second-order valence-electron chi connectivity index (χ2n) is 4.82. The van der Waals surface area contributed by atoms with Crippen molar-refractivity contribution in [1.82, 2.24) is 0 Å². The van der Waals surface area contributed by atoms with E-state index < -0.39 is 0 Å². The van der Waals surface area contributed by atoms with E-state index in [2.05, 4.69) is 4.99 Å². The molecule has 0 saturated carbocycles. The largest absolute Gasteiger partial charge is 0.471 e. The third kappa shape index (κ3) is 2.36. The maximum absolute atomic E-state index is 5.64. The number of ether oxygens (including phenoxy) is 3. The summed E-state index contributed by atoms with van der Waals surface area (Å²) in [6.07, 6.45) is 2.00. The smallest absolute Gasteiger partial charge is 0.231 e. The minimum atomic E-state index is 0.286. The Kier molecular flexibility index (Phi) is 2.85. The number of hydrogen-bond donors (Lipinski definition) is 0. The fraction of sp³-hybridized carbons (Fsp3) is 0.118. The third-order valence-corrected chi connectivity index (χ3v) is 3.35. The molecule has 0 radical (unpaired) electrons. The number of aliphatic imine (C=N–C) groups is 1. The molecule has 2 aliphatic heterocycles.